The summed E-state index contributed by atoms with van der Waals surface area (Å²) in [7, 11) is 2.03. The van der Waals surface area contributed by atoms with Crippen LogP contribution in [0.4, 0.5) is 4.39 Å². The maximum absolute atomic E-state index is 14.0. The van der Waals surface area contributed by atoms with Gasteiger partial charge in [-0.3, -0.25) is 9.89 Å². The van der Waals surface area contributed by atoms with Crippen molar-refractivity contribution < 1.29 is 9.18 Å². The predicted octanol–water partition coefficient (Wildman–Crippen LogP) is 2.21. The van der Waals surface area contributed by atoms with Crippen molar-refractivity contribution in [1.82, 2.24) is 25.0 Å². The van der Waals surface area contributed by atoms with E-state index in [4.69, 9.17) is 0 Å². The van der Waals surface area contributed by atoms with E-state index in [1.807, 2.05) is 25.2 Å². The summed E-state index contributed by atoms with van der Waals surface area (Å²) in [4.78, 5) is 19.1. The summed E-state index contributed by atoms with van der Waals surface area (Å²) in [6.07, 6.45) is 2.31. The minimum absolute atomic E-state index is 0.126. The molecule has 0 radical (unpaired) electrons. The first-order valence-electron chi connectivity index (χ1n) is 8.16. The highest BCUT2D eigenvalue weighted by Crippen LogP contribution is 2.31. The lowest BCUT2D eigenvalue weighted by atomic mass is 10.0. The highest BCUT2D eigenvalue weighted by molar-refractivity contribution is 5.87. The van der Waals surface area contributed by atoms with Gasteiger partial charge in [-0.15, -0.1) is 0 Å². The number of hydrogen-bond donors (Lipinski definition) is 1. The summed E-state index contributed by atoms with van der Waals surface area (Å²) in [5, 5.41) is 8.36. The second-order valence-corrected chi connectivity index (χ2v) is 6.33. The molecule has 0 aliphatic carbocycles. The summed E-state index contributed by atoms with van der Waals surface area (Å²) < 4.78 is 14.0. The Kier molecular flexibility index (Phi) is 3.93. The number of amides is 1. The molecule has 1 atom stereocenters. The fourth-order valence-electron chi connectivity index (χ4n) is 3.36. The van der Waals surface area contributed by atoms with Crippen molar-refractivity contribution in [1.29, 1.82) is 0 Å². The topological polar surface area (TPSA) is 65.1 Å². The Balaban J connectivity index is 1.81. The number of piperazine rings is 1. The smallest absolute Gasteiger partial charge is 0.220 e. The number of aromatic amines is 1. The molecule has 1 aromatic carbocycles. The molecule has 1 N–H and O–H groups in total. The van der Waals surface area contributed by atoms with Gasteiger partial charge in [0.15, 0.2) is 0 Å². The fraction of sp³-hybridized carbons (Fsp3) is 0.278. The van der Waals surface area contributed by atoms with Crippen LogP contribution in [0.3, 0.4) is 0 Å². The lowest BCUT2D eigenvalue weighted by Gasteiger charge is -2.37. The van der Waals surface area contributed by atoms with Crippen molar-refractivity contribution in [3.8, 4) is 11.1 Å². The van der Waals surface area contributed by atoms with Gasteiger partial charge in [-0.05, 0) is 36.9 Å². The van der Waals surface area contributed by atoms with Crippen molar-refractivity contribution >= 4 is 17.3 Å². The van der Waals surface area contributed by atoms with Gasteiger partial charge in [0.2, 0.25) is 12.4 Å². The van der Waals surface area contributed by atoms with Gasteiger partial charge < -0.3 is 9.80 Å². The molecule has 128 valence electrons. The maximum atomic E-state index is 14.0. The summed E-state index contributed by atoms with van der Waals surface area (Å²) in [5.41, 5.74) is 2.86. The van der Waals surface area contributed by atoms with Gasteiger partial charge in [0.05, 0.1) is 17.3 Å². The van der Waals surface area contributed by atoms with Gasteiger partial charge in [-0.1, -0.05) is 6.07 Å². The summed E-state index contributed by atoms with van der Waals surface area (Å²) in [5.74, 6) is -0.501. The third-order valence-electron chi connectivity index (χ3n) is 4.74. The molecular formula is C18H18FN5O. The molecule has 0 saturated carbocycles. The number of pyridine rings is 1. The van der Waals surface area contributed by atoms with Gasteiger partial charge in [-0.2, -0.15) is 9.49 Å². The second kappa shape index (κ2) is 6.25. The third-order valence-corrected chi connectivity index (χ3v) is 4.74. The van der Waals surface area contributed by atoms with Crippen LogP contribution in [0.1, 0.15) is 11.7 Å². The van der Waals surface area contributed by atoms with Crippen molar-refractivity contribution in [3.63, 3.8) is 0 Å². The Labute approximate surface area is 144 Å². The Morgan fingerprint density at radius 2 is 2.20 bits per heavy atom. The largest absolute Gasteiger partial charge is 0.334 e. The predicted molar refractivity (Wildman–Crippen MR) is 92.3 cm³/mol. The number of halogens is 1. The standard InChI is InChI=1S/C18H18FN5O/c1-23-7-8-24(11-25)16(10-23)17-14-9-12(4-5-15(14)21-22-17)13-3-2-6-20-18(13)19/h2-6,9,11,16H,7-8,10H2,1H3,(H,21,22). The molecule has 1 saturated heterocycles. The molecule has 1 aliphatic rings. The van der Waals surface area contributed by atoms with Crippen LogP contribution in [0.25, 0.3) is 22.0 Å². The maximum Gasteiger partial charge on any atom is 0.220 e. The third kappa shape index (κ3) is 2.76. The number of rotatable bonds is 3. The Morgan fingerprint density at radius 1 is 1.32 bits per heavy atom. The Morgan fingerprint density at radius 3 is 3.00 bits per heavy atom. The van der Waals surface area contributed by atoms with Gasteiger partial charge in [0.1, 0.15) is 0 Å². The lowest BCUT2D eigenvalue weighted by Crippen LogP contribution is -2.46. The lowest BCUT2D eigenvalue weighted by molar-refractivity contribution is -0.122. The van der Waals surface area contributed by atoms with Crippen molar-refractivity contribution in [3.05, 3.63) is 48.2 Å². The van der Waals surface area contributed by atoms with E-state index >= 15 is 0 Å². The highest BCUT2D eigenvalue weighted by Gasteiger charge is 2.29. The first-order chi connectivity index (χ1) is 12.2. The van der Waals surface area contributed by atoms with E-state index < -0.39 is 5.95 Å². The van der Waals surface area contributed by atoms with Crippen LogP contribution in [-0.4, -0.2) is 58.1 Å². The molecule has 3 aromatic rings. The molecule has 0 spiro atoms. The number of H-pyrrole nitrogens is 1. The quantitative estimate of drug-likeness (QED) is 0.587. The van der Waals surface area contributed by atoms with Crippen LogP contribution in [0.2, 0.25) is 0 Å². The zero-order chi connectivity index (χ0) is 17.4. The molecule has 2 aromatic heterocycles. The number of carbonyl (C=O) groups is 1. The molecule has 1 amide bonds. The minimum Gasteiger partial charge on any atom is -0.334 e. The van der Waals surface area contributed by atoms with E-state index in [0.29, 0.717) is 18.7 Å². The van der Waals surface area contributed by atoms with Crippen LogP contribution < -0.4 is 0 Å². The van der Waals surface area contributed by atoms with Crippen LogP contribution >= 0.6 is 0 Å². The van der Waals surface area contributed by atoms with Crippen LogP contribution in [-0.2, 0) is 4.79 Å². The van der Waals surface area contributed by atoms with Gasteiger partial charge in [0, 0.05) is 36.8 Å². The molecule has 3 heterocycles. The van der Waals surface area contributed by atoms with E-state index in [1.54, 1.807) is 17.0 Å². The molecule has 4 rings (SSSR count). The Hall–Kier alpha value is -2.80. The number of hydrogen-bond acceptors (Lipinski definition) is 4. The van der Waals surface area contributed by atoms with E-state index in [-0.39, 0.29) is 6.04 Å². The number of benzene rings is 1. The molecule has 1 unspecified atom stereocenters. The summed E-state index contributed by atoms with van der Waals surface area (Å²) in [6.45, 7) is 2.21. The first kappa shape index (κ1) is 15.7. The molecule has 1 fully saturated rings. The molecule has 7 heteroatoms. The zero-order valence-electron chi connectivity index (χ0n) is 13.8. The van der Waals surface area contributed by atoms with E-state index in [9.17, 15) is 9.18 Å². The molecule has 25 heavy (non-hydrogen) atoms. The summed E-state index contributed by atoms with van der Waals surface area (Å²) in [6, 6.07) is 8.92. The number of carbonyl (C=O) groups excluding carboxylic acids is 1. The van der Waals surface area contributed by atoms with E-state index in [1.165, 1.54) is 6.20 Å². The van der Waals surface area contributed by atoms with Crippen molar-refractivity contribution in [2.24, 2.45) is 0 Å². The zero-order valence-corrected chi connectivity index (χ0v) is 13.8. The second-order valence-electron chi connectivity index (χ2n) is 6.33. The SMILES string of the molecule is CN1CCN(C=O)C(c2n[nH]c3ccc(-c4cccnc4F)cc23)C1. The molecule has 0 bridgehead atoms. The first-order valence-corrected chi connectivity index (χ1v) is 8.16. The van der Waals surface area contributed by atoms with Gasteiger partial charge >= 0.3 is 0 Å². The van der Waals surface area contributed by atoms with Crippen LogP contribution in [0.15, 0.2) is 36.5 Å². The monoisotopic (exact) mass is 339 g/mol. The number of fused-ring (bicyclic) bond motifs is 1. The van der Waals surface area contributed by atoms with Crippen molar-refractivity contribution in [2.45, 2.75) is 6.04 Å². The fourth-order valence-corrected chi connectivity index (χ4v) is 3.36. The van der Waals surface area contributed by atoms with Crippen molar-refractivity contribution in [2.75, 3.05) is 26.7 Å². The molecular weight excluding hydrogens is 321 g/mol. The normalized spacial score (nSPS) is 18.6. The van der Waals surface area contributed by atoms with Crippen LogP contribution in [0, 0.1) is 5.95 Å². The minimum atomic E-state index is -0.501. The summed E-state index contributed by atoms with van der Waals surface area (Å²) >= 11 is 0. The number of nitrogens with zero attached hydrogens (tertiary/aromatic N) is 4. The average Bonchev–Trinajstić information content (AvgIpc) is 3.05. The molecule has 6 nitrogen and oxygen atoms in total. The Bertz CT molecular complexity index is 925. The average molecular weight is 339 g/mol. The number of aromatic nitrogens is 3. The molecule has 1 aliphatic heterocycles. The number of likely N-dealkylation sites (N-methyl/N-ethyl adjacent to an activating group) is 1. The van der Waals surface area contributed by atoms with E-state index in [2.05, 4.69) is 20.1 Å². The van der Waals surface area contributed by atoms with Gasteiger partial charge in [-0.25, -0.2) is 4.98 Å². The highest BCUT2D eigenvalue weighted by atomic mass is 19.1. The number of nitrogens with one attached hydrogen (secondary N) is 1. The van der Waals surface area contributed by atoms with E-state index in [0.717, 1.165) is 35.1 Å². The van der Waals surface area contributed by atoms with Gasteiger partial charge in [0.25, 0.3) is 0 Å². The van der Waals surface area contributed by atoms with Crippen LogP contribution in [0.5, 0.6) is 0 Å².